The predicted octanol–water partition coefficient (Wildman–Crippen LogP) is 3.16. The van der Waals surface area contributed by atoms with E-state index < -0.39 is 0 Å². The molecule has 3 saturated heterocycles. The number of hydrogen-bond acceptors (Lipinski definition) is 4. The van der Waals surface area contributed by atoms with Crippen molar-refractivity contribution in [1.29, 1.82) is 0 Å². The molecule has 1 aromatic carbocycles. The lowest BCUT2D eigenvalue weighted by Gasteiger charge is -2.33. The van der Waals surface area contributed by atoms with Gasteiger partial charge in [0.25, 0.3) is 0 Å². The summed E-state index contributed by atoms with van der Waals surface area (Å²) in [5, 5.41) is 4.67. The smallest absolute Gasteiger partial charge is 0.243 e. The first-order valence-corrected chi connectivity index (χ1v) is 10.8. The minimum Gasteiger partial charge on any atom is -0.497 e. The fraction of sp³-hybridized carbons (Fsp3) is 0.565. The molecule has 0 saturated carbocycles. The Morgan fingerprint density at radius 1 is 1.28 bits per heavy atom. The Morgan fingerprint density at radius 2 is 2.07 bits per heavy atom. The number of aryl methyl sites for hydroxylation is 2. The van der Waals surface area contributed by atoms with Crippen molar-refractivity contribution >= 4 is 5.91 Å². The van der Waals surface area contributed by atoms with Crippen LogP contribution in [-0.2, 0) is 17.9 Å². The van der Waals surface area contributed by atoms with Crippen LogP contribution in [0.1, 0.15) is 49.0 Å². The quantitative estimate of drug-likeness (QED) is 0.782. The van der Waals surface area contributed by atoms with E-state index in [9.17, 15) is 4.79 Å². The highest BCUT2D eigenvalue weighted by molar-refractivity contribution is 5.90. The summed E-state index contributed by atoms with van der Waals surface area (Å²) >= 11 is 0. The van der Waals surface area contributed by atoms with E-state index in [-0.39, 0.29) is 5.54 Å². The highest BCUT2D eigenvalue weighted by Crippen LogP contribution is 2.56. The number of carbonyl (C=O) groups is 1. The largest absolute Gasteiger partial charge is 0.497 e. The van der Waals surface area contributed by atoms with Crippen molar-refractivity contribution in [2.45, 2.75) is 57.8 Å². The predicted molar refractivity (Wildman–Crippen MR) is 111 cm³/mol. The van der Waals surface area contributed by atoms with Crippen LogP contribution in [0.15, 0.2) is 30.5 Å². The first-order chi connectivity index (χ1) is 14.1. The SMILES string of the molecule is CCn1cc([C@@H]2C[C@H]3CN(Cc4ccc(OC)cc4)C(=O)[C@]34CCCN24)c(C)n1. The van der Waals surface area contributed by atoms with E-state index in [1.165, 1.54) is 5.56 Å². The molecule has 0 radical (unpaired) electrons. The lowest BCUT2D eigenvalue weighted by Crippen LogP contribution is -2.49. The molecule has 6 heteroatoms. The minimum atomic E-state index is -0.294. The summed E-state index contributed by atoms with van der Waals surface area (Å²) in [4.78, 5) is 18.3. The molecule has 1 amide bonds. The van der Waals surface area contributed by atoms with Crippen molar-refractivity contribution in [3.05, 3.63) is 47.3 Å². The molecule has 3 aliphatic heterocycles. The van der Waals surface area contributed by atoms with E-state index in [2.05, 4.69) is 47.1 Å². The molecule has 29 heavy (non-hydrogen) atoms. The van der Waals surface area contributed by atoms with E-state index >= 15 is 0 Å². The maximum absolute atomic E-state index is 13.7. The van der Waals surface area contributed by atoms with Crippen LogP contribution in [0.5, 0.6) is 5.75 Å². The molecular weight excluding hydrogens is 364 g/mol. The summed E-state index contributed by atoms with van der Waals surface area (Å²) in [7, 11) is 1.68. The van der Waals surface area contributed by atoms with Gasteiger partial charge in [-0.2, -0.15) is 5.10 Å². The summed E-state index contributed by atoms with van der Waals surface area (Å²) < 4.78 is 7.28. The van der Waals surface area contributed by atoms with Gasteiger partial charge >= 0.3 is 0 Å². The molecule has 0 unspecified atom stereocenters. The number of likely N-dealkylation sites (tertiary alicyclic amines) is 1. The third-order valence-corrected chi connectivity index (χ3v) is 7.33. The highest BCUT2D eigenvalue weighted by Gasteiger charge is 2.65. The molecule has 6 nitrogen and oxygen atoms in total. The van der Waals surface area contributed by atoms with Crippen LogP contribution in [0.4, 0.5) is 0 Å². The number of amides is 1. The van der Waals surface area contributed by atoms with Crippen LogP contribution in [0.3, 0.4) is 0 Å². The lowest BCUT2D eigenvalue weighted by molar-refractivity contribution is -0.137. The van der Waals surface area contributed by atoms with Crippen LogP contribution in [0, 0.1) is 12.8 Å². The first kappa shape index (κ1) is 18.7. The molecule has 2 aromatic rings. The van der Waals surface area contributed by atoms with E-state index in [4.69, 9.17) is 4.74 Å². The number of benzene rings is 1. The van der Waals surface area contributed by atoms with Crippen molar-refractivity contribution in [3.63, 3.8) is 0 Å². The van der Waals surface area contributed by atoms with Gasteiger partial charge in [0, 0.05) is 43.4 Å². The Bertz CT molecular complexity index is 921. The van der Waals surface area contributed by atoms with Gasteiger partial charge < -0.3 is 9.64 Å². The Balaban J connectivity index is 1.39. The van der Waals surface area contributed by atoms with Crippen molar-refractivity contribution in [3.8, 4) is 5.75 Å². The summed E-state index contributed by atoms with van der Waals surface area (Å²) in [5.41, 5.74) is 3.30. The van der Waals surface area contributed by atoms with E-state index in [1.54, 1.807) is 7.11 Å². The van der Waals surface area contributed by atoms with Gasteiger partial charge in [-0.05, 0) is 57.4 Å². The zero-order valence-electron chi connectivity index (χ0n) is 17.6. The molecule has 3 aliphatic rings. The second-order valence-electron chi connectivity index (χ2n) is 8.73. The summed E-state index contributed by atoms with van der Waals surface area (Å²) in [6.07, 6.45) is 5.36. The average Bonchev–Trinajstić information content (AvgIpc) is 3.45. The van der Waals surface area contributed by atoms with Crippen molar-refractivity contribution in [1.82, 2.24) is 19.6 Å². The van der Waals surface area contributed by atoms with Crippen LogP contribution in [0.25, 0.3) is 0 Å². The van der Waals surface area contributed by atoms with Crippen LogP contribution < -0.4 is 4.74 Å². The van der Waals surface area contributed by atoms with Crippen molar-refractivity contribution in [2.75, 3.05) is 20.2 Å². The van der Waals surface area contributed by atoms with Gasteiger partial charge in [-0.3, -0.25) is 14.4 Å². The third kappa shape index (κ3) is 2.72. The molecule has 0 bridgehead atoms. The Kier molecular flexibility index (Phi) is 4.42. The zero-order valence-corrected chi connectivity index (χ0v) is 17.6. The number of rotatable bonds is 5. The average molecular weight is 395 g/mol. The first-order valence-electron chi connectivity index (χ1n) is 10.8. The Morgan fingerprint density at radius 3 is 2.76 bits per heavy atom. The Labute approximate surface area is 172 Å². The fourth-order valence-corrected chi connectivity index (χ4v) is 5.98. The van der Waals surface area contributed by atoms with Crippen LogP contribution in [0.2, 0.25) is 0 Å². The lowest BCUT2D eigenvalue weighted by atomic mass is 9.85. The van der Waals surface area contributed by atoms with Gasteiger partial charge in [-0.15, -0.1) is 0 Å². The van der Waals surface area contributed by atoms with Gasteiger partial charge in [-0.25, -0.2) is 0 Å². The second-order valence-corrected chi connectivity index (χ2v) is 8.73. The number of methoxy groups -OCH3 is 1. The minimum absolute atomic E-state index is 0.294. The van der Waals surface area contributed by atoms with Crippen molar-refractivity contribution in [2.24, 2.45) is 5.92 Å². The van der Waals surface area contributed by atoms with Gasteiger partial charge in [0.2, 0.25) is 5.91 Å². The maximum Gasteiger partial charge on any atom is 0.243 e. The van der Waals surface area contributed by atoms with Gasteiger partial charge in [0.1, 0.15) is 11.3 Å². The number of nitrogens with zero attached hydrogens (tertiary/aromatic N) is 4. The summed E-state index contributed by atoms with van der Waals surface area (Å²) in [6, 6.07) is 8.41. The molecule has 5 rings (SSSR count). The van der Waals surface area contributed by atoms with Crippen LogP contribution in [-0.4, -0.2) is 51.2 Å². The van der Waals surface area contributed by atoms with E-state index in [1.807, 2.05) is 16.8 Å². The second kappa shape index (κ2) is 6.87. The molecule has 3 fully saturated rings. The third-order valence-electron chi connectivity index (χ3n) is 7.33. The number of hydrogen-bond donors (Lipinski definition) is 0. The standard InChI is InChI=1S/C23H30N4O2/c1-4-26-15-20(16(2)24-26)21-12-18-14-25(13-17-6-8-19(29-3)9-7-17)22(28)23(18)10-5-11-27(21)23/h6-9,15,18,21H,4-5,10-14H2,1-3H3/t18-,21-,23-/m0/s1. The monoisotopic (exact) mass is 394 g/mol. The highest BCUT2D eigenvalue weighted by atomic mass is 16.5. The van der Waals surface area contributed by atoms with Gasteiger partial charge in [0.15, 0.2) is 0 Å². The molecule has 1 aromatic heterocycles. The maximum atomic E-state index is 13.7. The molecule has 0 aliphatic carbocycles. The van der Waals surface area contributed by atoms with Crippen LogP contribution >= 0.6 is 0 Å². The van der Waals surface area contributed by atoms with E-state index in [0.29, 0.717) is 24.4 Å². The zero-order chi connectivity index (χ0) is 20.2. The molecule has 0 N–H and O–H groups in total. The summed E-state index contributed by atoms with van der Waals surface area (Å²) in [6.45, 7) is 7.68. The number of ether oxygens (including phenoxy) is 1. The number of carbonyl (C=O) groups excluding carboxylic acids is 1. The molecule has 3 atom stereocenters. The fourth-order valence-electron chi connectivity index (χ4n) is 5.98. The van der Waals surface area contributed by atoms with Crippen molar-refractivity contribution < 1.29 is 9.53 Å². The van der Waals surface area contributed by atoms with Gasteiger partial charge in [0.05, 0.1) is 12.8 Å². The number of aromatic nitrogens is 2. The molecule has 1 spiro atoms. The summed E-state index contributed by atoms with van der Waals surface area (Å²) in [5.74, 6) is 1.59. The molecule has 154 valence electrons. The topological polar surface area (TPSA) is 50.6 Å². The Hall–Kier alpha value is -2.34. The van der Waals surface area contributed by atoms with Gasteiger partial charge in [-0.1, -0.05) is 12.1 Å². The van der Waals surface area contributed by atoms with E-state index in [0.717, 1.165) is 55.9 Å². The molecule has 4 heterocycles. The molecular formula is C23H30N4O2. The normalized spacial score (nSPS) is 28.8.